The maximum Gasteiger partial charge on any atom is 0.315 e. The minimum atomic E-state index is -0.208. The van der Waals surface area contributed by atoms with Gasteiger partial charge in [0, 0.05) is 6.54 Å². The number of hydrogen-bond acceptors (Lipinski definition) is 2. The van der Waals surface area contributed by atoms with Crippen LogP contribution in [0.5, 0.6) is 5.75 Å². The third kappa shape index (κ3) is 5.04. The maximum atomic E-state index is 11.3. The van der Waals surface area contributed by atoms with Gasteiger partial charge >= 0.3 is 6.03 Å². The molecule has 4 nitrogen and oxygen atoms in total. The molecule has 0 heterocycles. The molecule has 1 aromatic rings. The summed E-state index contributed by atoms with van der Waals surface area (Å²) in [5.41, 5.74) is 3.46. The molecule has 0 saturated carbocycles. The zero-order valence-electron chi connectivity index (χ0n) is 11.9. The average Bonchev–Trinajstić information content (AvgIpc) is 2.34. The number of nitrogens with one attached hydrogen (secondary N) is 2. The molecule has 0 saturated heterocycles. The van der Waals surface area contributed by atoms with E-state index in [2.05, 4.69) is 36.3 Å². The van der Waals surface area contributed by atoms with Crippen LogP contribution in [0.3, 0.4) is 0 Å². The molecule has 0 spiro atoms. The zero-order chi connectivity index (χ0) is 14.3. The highest BCUT2D eigenvalue weighted by Crippen LogP contribution is 2.24. The monoisotopic (exact) mass is 262 g/mol. The van der Waals surface area contributed by atoms with E-state index in [-0.39, 0.29) is 6.03 Å². The molecule has 0 radical (unpaired) electrons. The van der Waals surface area contributed by atoms with Gasteiger partial charge in [-0.2, -0.15) is 0 Å². The summed E-state index contributed by atoms with van der Waals surface area (Å²) in [6, 6.07) is 3.97. The maximum absolute atomic E-state index is 11.3. The minimum Gasteiger partial charge on any atom is -0.491 e. The van der Waals surface area contributed by atoms with E-state index in [9.17, 15) is 4.79 Å². The molecule has 0 aliphatic rings. The van der Waals surface area contributed by atoms with E-state index in [1.54, 1.807) is 6.08 Å². The number of hydrogen-bond donors (Lipinski definition) is 2. The van der Waals surface area contributed by atoms with Crippen molar-refractivity contribution in [2.24, 2.45) is 0 Å². The van der Waals surface area contributed by atoms with Gasteiger partial charge in [-0.1, -0.05) is 23.8 Å². The Labute approximate surface area is 114 Å². The van der Waals surface area contributed by atoms with Crippen LogP contribution in [0.4, 0.5) is 4.79 Å². The number of carbonyl (C=O) groups excluding carboxylic acids is 1. The normalized spacial score (nSPS) is 9.84. The standard InChI is InChI=1S/C15H22N2O2/c1-5-6-16-15(18)17-7-8-19-14-12(3)9-11(2)10-13(14)4/h5,9-10H,1,6-8H2,2-4H3,(H2,16,17,18). The van der Waals surface area contributed by atoms with Crippen LogP contribution in [0.2, 0.25) is 0 Å². The van der Waals surface area contributed by atoms with Crippen LogP contribution in [-0.4, -0.2) is 25.7 Å². The van der Waals surface area contributed by atoms with E-state index >= 15 is 0 Å². The highest BCUT2D eigenvalue weighted by molar-refractivity contribution is 5.73. The number of aryl methyl sites for hydroxylation is 3. The van der Waals surface area contributed by atoms with E-state index in [0.717, 1.165) is 16.9 Å². The molecule has 1 rings (SSSR count). The molecular weight excluding hydrogens is 240 g/mol. The molecule has 104 valence electrons. The first-order valence-electron chi connectivity index (χ1n) is 6.38. The lowest BCUT2D eigenvalue weighted by atomic mass is 10.1. The Morgan fingerprint density at radius 1 is 1.26 bits per heavy atom. The van der Waals surface area contributed by atoms with Crippen molar-refractivity contribution in [1.82, 2.24) is 10.6 Å². The van der Waals surface area contributed by atoms with Gasteiger partial charge in [0.1, 0.15) is 12.4 Å². The number of benzene rings is 1. The third-order valence-electron chi connectivity index (χ3n) is 2.65. The van der Waals surface area contributed by atoms with Crippen molar-refractivity contribution >= 4 is 6.03 Å². The van der Waals surface area contributed by atoms with Gasteiger partial charge in [-0.15, -0.1) is 6.58 Å². The van der Waals surface area contributed by atoms with Gasteiger partial charge in [0.05, 0.1) is 6.54 Å². The second-order valence-electron chi connectivity index (χ2n) is 4.50. The molecule has 0 atom stereocenters. The second kappa shape index (κ2) is 7.46. The molecule has 2 N–H and O–H groups in total. The summed E-state index contributed by atoms with van der Waals surface area (Å²) in [5.74, 6) is 0.902. The summed E-state index contributed by atoms with van der Waals surface area (Å²) < 4.78 is 5.71. The predicted octanol–water partition coefficient (Wildman–Crippen LogP) is 2.48. The smallest absolute Gasteiger partial charge is 0.315 e. The van der Waals surface area contributed by atoms with Crippen LogP contribution >= 0.6 is 0 Å². The Balaban J connectivity index is 2.38. The summed E-state index contributed by atoms with van der Waals surface area (Å²) in [5, 5.41) is 5.35. The molecule has 4 heteroatoms. The minimum absolute atomic E-state index is 0.208. The first-order chi connectivity index (χ1) is 9.04. The molecule has 19 heavy (non-hydrogen) atoms. The van der Waals surface area contributed by atoms with Crippen molar-refractivity contribution in [3.05, 3.63) is 41.5 Å². The predicted molar refractivity (Wildman–Crippen MR) is 77.7 cm³/mol. The van der Waals surface area contributed by atoms with Gasteiger partial charge < -0.3 is 15.4 Å². The molecule has 0 aliphatic carbocycles. The second-order valence-corrected chi connectivity index (χ2v) is 4.50. The highest BCUT2D eigenvalue weighted by atomic mass is 16.5. The van der Waals surface area contributed by atoms with E-state index in [0.29, 0.717) is 19.7 Å². The zero-order valence-corrected chi connectivity index (χ0v) is 11.9. The van der Waals surface area contributed by atoms with Crippen molar-refractivity contribution in [2.75, 3.05) is 19.7 Å². The first kappa shape index (κ1) is 15.1. The Kier molecular flexibility index (Phi) is 5.93. The van der Waals surface area contributed by atoms with E-state index in [1.807, 2.05) is 13.8 Å². The van der Waals surface area contributed by atoms with Crippen LogP contribution in [0.25, 0.3) is 0 Å². The van der Waals surface area contributed by atoms with Gasteiger partial charge in [0.15, 0.2) is 0 Å². The summed E-state index contributed by atoms with van der Waals surface area (Å²) in [4.78, 5) is 11.3. The van der Waals surface area contributed by atoms with Gasteiger partial charge in [-0.25, -0.2) is 4.79 Å². The Morgan fingerprint density at radius 3 is 2.47 bits per heavy atom. The van der Waals surface area contributed by atoms with Crippen LogP contribution in [0.1, 0.15) is 16.7 Å². The van der Waals surface area contributed by atoms with Gasteiger partial charge in [-0.05, 0) is 31.9 Å². The largest absolute Gasteiger partial charge is 0.491 e. The number of rotatable bonds is 6. The number of carbonyl (C=O) groups is 1. The topological polar surface area (TPSA) is 50.4 Å². The number of ether oxygens (including phenoxy) is 1. The van der Waals surface area contributed by atoms with Crippen LogP contribution in [0.15, 0.2) is 24.8 Å². The fraction of sp³-hybridized carbons (Fsp3) is 0.400. The molecule has 1 aromatic carbocycles. The van der Waals surface area contributed by atoms with Crippen molar-refractivity contribution in [1.29, 1.82) is 0 Å². The highest BCUT2D eigenvalue weighted by Gasteiger charge is 2.05. The van der Waals surface area contributed by atoms with E-state index in [4.69, 9.17) is 4.74 Å². The van der Waals surface area contributed by atoms with Crippen LogP contribution < -0.4 is 15.4 Å². The lowest BCUT2D eigenvalue weighted by Crippen LogP contribution is -2.37. The van der Waals surface area contributed by atoms with Crippen molar-refractivity contribution in [2.45, 2.75) is 20.8 Å². The van der Waals surface area contributed by atoms with Crippen molar-refractivity contribution in [3.63, 3.8) is 0 Å². The van der Waals surface area contributed by atoms with Crippen LogP contribution in [-0.2, 0) is 0 Å². The molecular formula is C15H22N2O2. The van der Waals surface area contributed by atoms with Gasteiger partial charge in [0.25, 0.3) is 0 Å². The van der Waals surface area contributed by atoms with Crippen LogP contribution in [0, 0.1) is 20.8 Å². The molecule has 0 unspecified atom stereocenters. The lowest BCUT2D eigenvalue weighted by molar-refractivity contribution is 0.237. The van der Waals surface area contributed by atoms with E-state index < -0.39 is 0 Å². The van der Waals surface area contributed by atoms with E-state index in [1.165, 1.54) is 5.56 Å². The summed E-state index contributed by atoms with van der Waals surface area (Å²) >= 11 is 0. The van der Waals surface area contributed by atoms with Crippen molar-refractivity contribution in [3.8, 4) is 5.75 Å². The van der Waals surface area contributed by atoms with Gasteiger partial charge in [0.2, 0.25) is 0 Å². The Bertz CT molecular complexity index is 432. The first-order valence-corrected chi connectivity index (χ1v) is 6.38. The SMILES string of the molecule is C=CCNC(=O)NCCOc1c(C)cc(C)cc1C. The average molecular weight is 262 g/mol. The fourth-order valence-electron chi connectivity index (χ4n) is 1.94. The Morgan fingerprint density at radius 2 is 1.89 bits per heavy atom. The molecule has 0 aliphatic heterocycles. The molecule has 0 bridgehead atoms. The Hall–Kier alpha value is -1.97. The quantitative estimate of drug-likeness (QED) is 0.611. The number of urea groups is 1. The lowest BCUT2D eigenvalue weighted by Gasteiger charge is -2.13. The van der Waals surface area contributed by atoms with Gasteiger partial charge in [-0.3, -0.25) is 0 Å². The molecule has 0 aromatic heterocycles. The summed E-state index contributed by atoms with van der Waals surface area (Å²) in [6.07, 6.45) is 1.63. The van der Waals surface area contributed by atoms with Crippen molar-refractivity contribution < 1.29 is 9.53 Å². The molecule has 2 amide bonds. The summed E-state index contributed by atoms with van der Waals surface area (Å²) in [6.45, 7) is 11.0. The molecule has 0 fully saturated rings. The fourth-order valence-corrected chi connectivity index (χ4v) is 1.94. The number of amides is 2. The summed E-state index contributed by atoms with van der Waals surface area (Å²) in [7, 11) is 0. The third-order valence-corrected chi connectivity index (χ3v) is 2.65.